The molecule has 0 aromatic heterocycles. The Balaban J connectivity index is 1.47. The number of methoxy groups -OCH3 is 1. The fraction of sp³-hybridized carbons (Fsp3) is 0.682. The third-order valence-corrected chi connectivity index (χ3v) is 8.96. The molecule has 0 radical (unpaired) electrons. The van der Waals surface area contributed by atoms with Gasteiger partial charge in [-0.2, -0.15) is 0 Å². The zero-order valence-electron chi connectivity index (χ0n) is 18.3. The molecular weight excluding hydrogens is 402 g/mol. The molecule has 1 atom stereocenters. The lowest BCUT2D eigenvalue weighted by atomic mass is 9.53. The molecule has 4 bridgehead atoms. The van der Waals surface area contributed by atoms with Gasteiger partial charge in [0.05, 0.1) is 7.11 Å². The Labute approximate surface area is 179 Å². The maximum absolute atomic E-state index is 13.0. The van der Waals surface area contributed by atoms with Gasteiger partial charge in [0.15, 0.2) is 0 Å². The van der Waals surface area contributed by atoms with Crippen LogP contribution in [0.5, 0.6) is 5.75 Å². The van der Waals surface area contributed by atoms with Crippen molar-refractivity contribution >= 4 is 21.6 Å². The van der Waals surface area contributed by atoms with Crippen molar-refractivity contribution in [2.45, 2.75) is 61.9 Å². The molecule has 166 valence electrons. The van der Waals surface area contributed by atoms with Crippen LogP contribution in [0, 0.1) is 17.8 Å². The maximum Gasteiger partial charge on any atom is 0.246 e. The van der Waals surface area contributed by atoms with Crippen LogP contribution in [0.4, 0.5) is 5.69 Å². The van der Waals surface area contributed by atoms with E-state index in [1.807, 2.05) is 6.92 Å². The number of rotatable bonds is 7. The van der Waals surface area contributed by atoms with E-state index in [-0.39, 0.29) is 22.1 Å². The smallest absolute Gasteiger partial charge is 0.246 e. The van der Waals surface area contributed by atoms with E-state index in [0.717, 1.165) is 41.3 Å². The number of nitrogens with one attached hydrogen (secondary N) is 2. The largest absolute Gasteiger partial charge is 0.495 e. The highest BCUT2D eigenvalue weighted by Gasteiger charge is 2.51. The highest BCUT2D eigenvalue weighted by atomic mass is 32.2. The average molecular weight is 436 g/mol. The fourth-order valence-corrected chi connectivity index (χ4v) is 7.19. The number of carbonyl (C=O) groups excluding carboxylic acids is 1. The minimum absolute atomic E-state index is 0.0233. The molecule has 0 spiro atoms. The number of benzene rings is 1. The van der Waals surface area contributed by atoms with E-state index in [2.05, 4.69) is 10.6 Å². The van der Waals surface area contributed by atoms with Crippen molar-refractivity contribution < 1.29 is 17.9 Å². The van der Waals surface area contributed by atoms with Gasteiger partial charge in [0.25, 0.3) is 0 Å². The normalized spacial score (nSPS) is 30.9. The van der Waals surface area contributed by atoms with E-state index in [0.29, 0.717) is 5.69 Å². The number of anilines is 1. The number of ether oxygens (including phenoxy) is 1. The minimum atomic E-state index is -3.67. The number of hydrogen-bond acceptors (Lipinski definition) is 5. The highest BCUT2D eigenvalue weighted by Crippen LogP contribution is 2.55. The summed E-state index contributed by atoms with van der Waals surface area (Å²) in [5, 5.41) is 6.55. The molecular formula is C22H33N3O4S. The highest BCUT2D eigenvalue weighted by molar-refractivity contribution is 7.89. The van der Waals surface area contributed by atoms with Gasteiger partial charge in [-0.05, 0) is 81.4 Å². The van der Waals surface area contributed by atoms with E-state index in [4.69, 9.17) is 4.74 Å². The molecule has 8 heteroatoms. The van der Waals surface area contributed by atoms with Crippen LogP contribution in [0.25, 0.3) is 0 Å². The van der Waals surface area contributed by atoms with Gasteiger partial charge in [0.2, 0.25) is 15.9 Å². The number of carbonyl (C=O) groups is 1. The zero-order chi connectivity index (χ0) is 21.7. The predicted octanol–water partition coefficient (Wildman–Crippen LogP) is 2.83. The zero-order valence-corrected chi connectivity index (χ0v) is 19.1. The van der Waals surface area contributed by atoms with Crippen LogP contribution in [0.15, 0.2) is 23.1 Å². The third-order valence-electron chi connectivity index (χ3n) is 7.13. The van der Waals surface area contributed by atoms with Gasteiger partial charge >= 0.3 is 0 Å². The van der Waals surface area contributed by atoms with Crippen LogP contribution in [0.3, 0.4) is 0 Å². The summed E-state index contributed by atoms with van der Waals surface area (Å²) in [4.78, 5) is 13.1. The SMILES string of the molecule is COc1ccc(NC(C)C(=O)NC23CC4CC(CC(C4)C2)C3)cc1S(=O)(=O)N(C)C. The van der Waals surface area contributed by atoms with Crippen molar-refractivity contribution in [3.05, 3.63) is 18.2 Å². The van der Waals surface area contributed by atoms with E-state index >= 15 is 0 Å². The van der Waals surface area contributed by atoms with Crippen LogP contribution >= 0.6 is 0 Å². The lowest BCUT2D eigenvalue weighted by molar-refractivity contribution is -0.127. The Morgan fingerprint density at radius 1 is 1.13 bits per heavy atom. The van der Waals surface area contributed by atoms with E-state index < -0.39 is 16.1 Å². The Hall–Kier alpha value is -1.80. The Morgan fingerprint density at radius 3 is 2.20 bits per heavy atom. The Bertz CT molecular complexity index is 893. The van der Waals surface area contributed by atoms with Crippen molar-refractivity contribution in [3.8, 4) is 5.75 Å². The fourth-order valence-electron chi connectivity index (χ4n) is 6.11. The topological polar surface area (TPSA) is 87.7 Å². The predicted molar refractivity (Wildman–Crippen MR) is 116 cm³/mol. The summed E-state index contributed by atoms with van der Waals surface area (Å²) in [6, 6.07) is 4.41. The summed E-state index contributed by atoms with van der Waals surface area (Å²) in [7, 11) is 0.742. The number of sulfonamides is 1. The number of hydrogen-bond donors (Lipinski definition) is 2. The molecule has 0 aliphatic heterocycles. The molecule has 2 N–H and O–H groups in total. The van der Waals surface area contributed by atoms with Crippen molar-refractivity contribution in [3.63, 3.8) is 0 Å². The van der Waals surface area contributed by atoms with Gasteiger partial charge in [0, 0.05) is 25.3 Å². The quantitative estimate of drug-likeness (QED) is 0.688. The first-order chi connectivity index (χ1) is 14.1. The van der Waals surface area contributed by atoms with Gasteiger partial charge in [-0.15, -0.1) is 0 Å². The van der Waals surface area contributed by atoms with Crippen LogP contribution in [-0.2, 0) is 14.8 Å². The summed E-state index contributed by atoms with van der Waals surface area (Å²) < 4.78 is 31.7. The Morgan fingerprint density at radius 2 is 1.70 bits per heavy atom. The molecule has 30 heavy (non-hydrogen) atoms. The number of nitrogens with zero attached hydrogens (tertiary/aromatic N) is 1. The minimum Gasteiger partial charge on any atom is -0.495 e. The van der Waals surface area contributed by atoms with Gasteiger partial charge in [-0.3, -0.25) is 4.79 Å². The monoisotopic (exact) mass is 435 g/mol. The molecule has 1 aromatic carbocycles. The van der Waals surface area contributed by atoms with Crippen molar-refractivity contribution in [1.82, 2.24) is 9.62 Å². The molecule has 1 unspecified atom stereocenters. The molecule has 4 saturated carbocycles. The summed E-state index contributed by atoms with van der Waals surface area (Å²) in [6.45, 7) is 1.82. The lowest BCUT2D eigenvalue weighted by Gasteiger charge is -2.57. The second kappa shape index (κ2) is 7.71. The summed E-state index contributed by atoms with van der Waals surface area (Å²) in [5.41, 5.74) is 0.533. The molecule has 1 aromatic rings. The standard InChI is InChI=1S/C22H33N3O4S/c1-14(21(26)24-22-11-15-7-16(12-22)9-17(8-15)13-22)23-18-5-6-19(29-4)20(10-18)30(27,28)25(2)3/h5-6,10,14-17,23H,7-9,11-13H2,1-4H3,(H,24,26). The van der Waals surface area contributed by atoms with Crippen molar-refractivity contribution in [2.24, 2.45) is 17.8 Å². The van der Waals surface area contributed by atoms with E-state index in [1.54, 1.807) is 12.1 Å². The second-order valence-electron chi connectivity index (χ2n) is 9.71. The first kappa shape index (κ1) is 21.4. The average Bonchev–Trinajstić information content (AvgIpc) is 2.66. The van der Waals surface area contributed by atoms with Crippen LogP contribution in [0.1, 0.15) is 45.4 Å². The van der Waals surface area contributed by atoms with Gasteiger partial charge in [0.1, 0.15) is 16.7 Å². The van der Waals surface area contributed by atoms with Gasteiger partial charge in [-0.1, -0.05) is 0 Å². The van der Waals surface area contributed by atoms with Crippen LogP contribution in [0.2, 0.25) is 0 Å². The van der Waals surface area contributed by atoms with Crippen molar-refractivity contribution in [2.75, 3.05) is 26.5 Å². The van der Waals surface area contributed by atoms with E-state index in [9.17, 15) is 13.2 Å². The maximum atomic E-state index is 13.0. The molecule has 1 amide bonds. The number of amides is 1. The van der Waals surface area contributed by atoms with Crippen LogP contribution < -0.4 is 15.4 Å². The van der Waals surface area contributed by atoms with Gasteiger partial charge in [-0.25, -0.2) is 12.7 Å². The molecule has 4 aliphatic rings. The van der Waals surface area contributed by atoms with Crippen LogP contribution in [-0.4, -0.2) is 51.4 Å². The molecule has 4 fully saturated rings. The molecule has 0 heterocycles. The van der Waals surface area contributed by atoms with Gasteiger partial charge < -0.3 is 15.4 Å². The molecule has 5 rings (SSSR count). The first-order valence-electron chi connectivity index (χ1n) is 10.8. The third kappa shape index (κ3) is 3.91. The molecule has 0 saturated heterocycles. The first-order valence-corrected chi connectivity index (χ1v) is 12.2. The lowest BCUT2D eigenvalue weighted by Crippen LogP contribution is -2.61. The molecule has 7 nitrogen and oxygen atoms in total. The molecule has 4 aliphatic carbocycles. The summed E-state index contributed by atoms with van der Waals surface area (Å²) >= 11 is 0. The summed E-state index contributed by atoms with van der Waals surface area (Å²) in [5.74, 6) is 2.55. The second-order valence-corrected chi connectivity index (χ2v) is 11.8. The van der Waals surface area contributed by atoms with Crippen molar-refractivity contribution in [1.29, 1.82) is 0 Å². The Kier molecular flexibility index (Phi) is 5.51. The van der Waals surface area contributed by atoms with E-state index in [1.165, 1.54) is 46.5 Å². The summed E-state index contributed by atoms with van der Waals surface area (Å²) in [6.07, 6.45) is 7.30.